The monoisotopic (exact) mass is 466 g/mol. The summed E-state index contributed by atoms with van der Waals surface area (Å²) >= 11 is 13.5. The zero-order valence-corrected chi connectivity index (χ0v) is 19.9. The van der Waals surface area contributed by atoms with Crippen molar-refractivity contribution in [2.75, 3.05) is 12.3 Å². The van der Waals surface area contributed by atoms with Crippen molar-refractivity contribution in [3.8, 4) is 0 Å². The van der Waals surface area contributed by atoms with Crippen molar-refractivity contribution in [1.29, 1.82) is 0 Å². The van der Waals surface area contributed by atoms with Crippen molar-refractivity contribution >= 4 is 46.8 Å². The molecule has 0 aliphatic rings. The van der Waals surface area contributed by atoms with Crippen molar-refractivity contribution in [3.63, 3.8) is 0 Å². The van der Waals surface area contributed by atoms with Gasteiger partial charge in [-0.2, -0.15) is 0 Å². The number of nitrogens with zero attached hydrogens (tertiary/aromatic N) is 1. The highest BCUT2D eigenvalue weighted by Crippen LogP contribution is 2.25. The number of nitrogens with one attached hydrogen (secondary N) is 1. The van der Waals surface area contributed by atoms with Crippen molar-refractivity contribution in [2.24, 2.45) is 0 Å². The number of carbonyl (C=O) groups is 2. The molecule has 2 aromatic carbocycles. The van der Waals surface area contributed by atoms with E-state index in [4.69, 9.17) is 23.2 Å². The molecule has 0 saturated carbocycles. The lowest BCUT2D eigenvalue weighted by molar-refractivity contribution is -0.138. The third kappa shape index (κ3) is 7.53. The second-order valence-corrected chi connectivity index (χ2v) is 9.02. The van der Waals surface area contributed by atoms with Crippen LogP contribution in [0.1, 0.15) is 37.0 Å². The molecular formula is C23H28Cl2N2O2S. The number of rotatable bonds is 10. The second-order valence-electron chi connectivity index (χ2n) is 7.22. The molecule has 2 rings (SSSR count). The van der Waals surface area contributed by atoms with E-state index in [2.05, 4.69) is 5.32 Å². The largest absolute Gasteiger partial charge is 0.354 e. The third-order valence-corrected chi connectivity index (χ3v) is 6.40. The first-order chi connectivity index (χ1) is 14.3. The van der Waals surface area contributed by atoms with E-state index in [0.717, 1.165) is 23.1 Å². The van der Waals surface area contributed by atoms with Crippen molar-refractivity contribution in [3.05, 3.63) is 69.2 Å². The Labute approximate surface area is 193 Å². The van der Waals surface area contributed by atoms with Gasteiger partial charge in [-0.1, -0.05) is 66.0 Å². The maximum atomic E-state index is 13.0. The number of benzene rings is 2. The van der Waals surface area contributed by atoms with Crippen molar-refractivity contribution in [1.82, 2.24) is 10.2 Å². The lowest BCUT2D eigenvalue weighted by Gasteiger charge is -2.28. The number of hydrogen-bond acceptors (Lipinski definition) is 3. The minimum atomic E-state index is -0.545. The zero-order chi connectivity index (χ0) is 22.1. The van der Waals surface area contributed by atoms with Gasteiger partial charge in [0.05, 0.1) is 15.8 Å². The molecule has 2 amide bonds. The van der Waals surface area contributed by atoms with E-state index in [1.807, 2.05) is 50.2 Å². The normalized spacial score (nSPS) is 11.8. The summed E-state index contributed by atoms with van der Waals surface area (Å²) in [6.07, 6.45) is 0.851. The highest BCUT2D eigenvalue weighted by molar-refractivity contribution is 7.99. The zero-order valence-electron chi connectivity index (χ0n) is 17.6. The molecule has 0 saturated heterocycles. The van der Waals surface area contributed by atoms with E-state index < -0.39 is 6.04 Å². The van der Waals surface area contributed by atoms with Crippen LogP contribution < -0.4 is 5.32 Å². The van der Waals surface area contributed by atoms with Crippen LogP contribution in [0.5, 0.6) is 0 Å². The number of thioether (sulfide) groups is 1. The molecule has 1 atom stereocenters. The molecule has 7 heteroatoms. The smallest absolute Gasteiger partial charge is 0.242 e. The summed E-state index contributed by atoms with van der Waals surface area (Å²) in [4.78, 5) is 27.2. The maximum absolute atomic E-state index is 13.0. The molecule has 4 nitrogen and oxygen atoms in total. The van der Waals surface area contributed by atoms with Gasteiger partial charge in [0.1, 0.15) is 6.04 Å². The first-order valence-corrected chi connectivity index (χ1v) is 11.9. The standard InChI is InChI=1S/C23H28Cl2N2O2S/c1-4-11-26-23(29)17(3)27(13-18-7-5-16(2)6-8-18)22(28)15-30-14-19-9-10-20(24)21(25)12-19/h5-10,12,17H,4,11,13-15H2,1-3H3,(H,26,29)/t17-/m0/s1. The van der Waals surface area contributed by atoms with Crippen LogP contribution in [0.25, 0.3) is 0 Å². The highest BCUT2D eigenvalue weighted by atomic mass is 35.5. The number of halogens is 2. The predicted octanol–water partition coefficient (Wildman–Crippen LogP) is 5.48. The van der Waals surface area contributed by atoms with Crippen molar-refractivity contribution in [2.45, 2.75) is 45.5 Å². The molecular weight excluding hydrogens is 439 g/mol. The summed E-state index contributed by atoms with van der Waals surface area (Å²) in [5.41, 5.74) is 3.15. The van der Waals surface area contributed by atoms with E-state index in [9.17, 15) is 9.59 Å². The predicted molar refractivity (Wildman–Crippen MR) is 127 cm³/mol. The van der Waals surface area contributed by atoms with Gasteiger partial charge >= 0.3 is 0 Å². The molecule has 0 aliphatic heterocycles. The maximum Gasteiger partial charge on any atom is 0.242 e. The molecule has 1 N–H and O–H groups in total. The highest BCUT2D eigenvalue weighted by Gasteiger charge is 2.25. The van der Waals surface area contributed by atoms with Gasteiger partial charge in [0, 0.05) is 18.8 Å². The molecule has 0 aliphatic carbocycles. The van der Waals surface area contributed by atoms with E-state index in [-0.39, 0.29) is 17.6 Å². The molecule has 0 fully saturated rings. The van der Waals surface area contributed by atoms with Gasteiger partial charge in [-0.3, -0.25) is 9.59 Å². The molecule has 30 heavy (non-hydrogen) atoms. The lowest BCUT2D eigenvalue weighted by atomic mass is 10.1. The fourth-order valence-electron chi connectivity index (χ4n) is 2.84. The number of amides is 2. The van der Waals surface area contributed by atoms with E-state index in [1.165, 1.54) is 11.8 Å². The van der Waals surface area contributed by atoms with Crippen LogP contribution in [0.3, 0.4) is 0 Å². The molecule has 0 heterocycles. The molecule has 0 unspecified atom stereocenters. The molecule has 0 aromatic heterocycles. The molecule has 0 spiro atoms. The minimum Gasteiger partial charge on any atom is -0.354 e. The Morgan fingerprint density at radius 1 is 1.07 bits per heavy atom. The molecule has 0 bridgehead atoms. The van der Waals surface area contributed by atoms with Gasteiger partial charge in [-0.25, -0.2) is 0 Å². The minimum absolute atomic E-state index is 0.0696. The molecule has 0 radical (unpaired) electrons. The Bertz CT molecular complexity index is 859. The first kappa shape index (κ1) is 24.6. The number of carbonyl (C=O) groups excluding carboxylic acids is 2. The van der Waals surface area contributed by atoms with Crippen LogP contribution in [0.4, 0.5) is 0 Å². The summed E-state index contributed by atoms with van der Waals surface area (Å²) in [5.74, 6) is 0.709. The van der Waals surface area contributed by atoms with Gasteiger partial charge in [0.15, 0.2) is 0 Å². The fraction of sp³-hybridized carbons (Fsp3) is 0.391. The third-order valence-electron chi connectivity index (χ3n) is 4.67. The van der Waals surface area contributed by atoms with Gasteiger partial charge in [0.2, 0.25) is 11.8 Å². The number of hydrogen-bond donors (Lipinski definition) is 1. The topological polar surface area (TPSA) is 49.4 Å². The Kier molecular flexibility index (Phi) is 10.0. The summed E-state index contributed by atoms with van der Waals surface area (Å²) in [7, 11) is 0. The van der Waals surface area contributed by atoms with Gasteiger partial charge in [-0.15, -0.1) is 11.8 Å². The van der Waals surface area contributed by atoms with Crippen LogP contribution in [0.2, 0.25) is 10.0 Å². The molecule has 2 aromatic rings. The van der Waals surface area contributed by atoms with Gasteiger partial charge < -0.3 is 10.2 Å². The fourth-order valence-corrected chi connectivity index (χ4v) is 4.02. The first-order valence-electron chi connectivity index (χ1n) is 9.96. The Morgan fingerprint density at radius 3 is 2.37 bits per heavy atom. The second kappa shape index (κ2) is 12.2. The number of aryl methyl sites for hydroxylation is 1. The Hall–Kier alpha value is -1.69. The SMILES string of the molecule is CCCNC(=O)[C@H](C)N(Cc1ccc(C)cc1)C(=O)CSCc1ccc(Cl)c(Cl)c1. The van der Waals surface area contributed by atoms with E-state index >= 15 is 0 Å². The lowest BCUT2D eigenvalue weighted by Crippen LogP contribution is -2.48. The average molecular weight is 467 g/mol. The van der Waals surface area contributed by atoms with Crippen LogP contribution in [-0.4, -0.2) is 35.1 Å². The van der Waals surface area contributed by atoms with Crippen LogP contribution >= 0.6 is 35.0 Å². The van der Waals surface area contributed by atoms with E-state index in [0.29, 0.717) is 28.9 Å². The van der Waals surface area contributed by atoms with Crippen LogP contribution in [0, 0.1) is 6.92 Å². The quantitative estimate of drug-likeness (QED) is 0.504. The van der Waals surface area contributed by atoms with Crippen molar-refractivity contribution < 1.29 is 9.59 Å². The molecule has 162 valence electrons. The average Bonchev–Trinajstić information content (AvgIpc) is 2.73. The summed E-state index contributed by atoms with van der Waals surface area (Å²) < 4.78 is 0. The van der Waals surface area contributed by atoms with Crippen LogP contribution in [-0.2, 0) is 21.9 Å². The summed E-state index contributed by atoms with van der Waals surface area (Å²) in [6.45, 7) is 6.79. The Morgan fingerprint density at radius 2 is 1.73 bits per heavy atom. The summed E-state index contributed by atoms with van der Waals surface area (Å²) in [6, 6.07) is 12.9. The van der Waals surface area contributed by atoms with Gasteiger partial charge in [-0.05, 0) is 43.5 Å². The summed E-state index contributed by atoms with van der Waals surface area (Å²) in [5, 5.41) is 3.90. The van der Waals surface area contributed by atoms with Crippen LogP contribution in [0.15, 0.2) is 42.5 Å². The van der Waals surface area contributed by atoms with E-state index in [1.54, 1.807) is 17.9 Å². The van der Waals surface area contributed by atoms with Gasteiger partial charge in [0.25, 0.3) is 0 Å². The Balaban J connectivity index is 2.05.